The molecule has 1 N–H and O–H groups in total. The number of halogens is 1. The smallest absolute Gasteiger partial charge is 0.140 e. The van der Waals surface area contributed by atoms with Crippen LogP contribution in [-0.4, -0.2) is 12.8 Å². The van der Waals surface area contributed by atoms with Crippen LogP contribution >= 0.6 is 11.8 Å². The van der Waals surface area contributed by atoms with Crippen molar-refractivity contribution in [2.75, 3.05) is 12.8 Å². The van der Waals surface area contributed by atoms with Crippen molar-refractivity contribution < 1.29 is 9.13 Å². The Morgan fingerprint density at radius 2 is 1.95 bits per heavy atom. The van der Waals surface area contributed by atoms with Gasteiger partial charge >= 0.3 is 0 Å². The third-order valence-electron chi connectivity index (χ3n) is 3.24. The highest BCUT2D eigenvalue weighted by Crippen LogP contribution is 2.35. The average Bonchev–Trinajstić information content (AvgIpc) is 2.49. The number of hydrogen-bond acceptors (Lipinski definition) is 3. The Morgan fingerprint density at radius 1 is 1.19 bits per heavy atom. The van der Waals surface area contributed by atoms with Crippen LogP contribution in [0.1, 0.15) is 25.5 Å². The van der Waals surface area contributed by atoms with Gasteiger partial charge in [-0.2, -0.15) is 0 Å². The van der Waals surface area contributed by atoms with Crippen LogP contribution in [0.4, 0.5) is 4.39 Å². The van der Waals surface area contributed by atoms with E-state index in [0.717, 1.165) is 22.8 Å². The van der Waals surface area contributed by atoms with Gasteiger partial charge in [0, 0.05) is 16.5 Å². The Balaban J connectivity index is 2.35. The van der Waals surface area contributed by atoms with E-state index in [0.29, 0.717) is 5.75 Å². The van der Waals surface area contributed by atoms with E-state index < -0.39 is 0 Å². The van der Waals surface area contributed by atoms with Crippen molar-refractivity contribution in [3.8, 4) is 11.5 Å². The summed E-state index contributed by atoms with van der Waals surface area (Å²) < 4.78 is 19.6. The summed E-state index contributed by atoms with van der Waals surface area (Å²) in [4.78, 5) is 1.06. The molecule has 0 aliphatic carbocycles. The summed E-state index contributed by atoms with van der Waals surface area (Å²) in [6.45, 7) is 4.85. The second kappa shape index (κ2) is 7.48. The van der Waals surface area contributed by atoms with Gasteiger partial charge in [-0.3, -0.25) is 0 Å². The maximum Gasteiger partial charge on any atom is 0.140 e. The number of thioether (sulfide) groups is 1. The molecule has 21 heavy (non-hydrogen) atoms. The van der Waals surface area contributed by atoms with E-state index >= 15 is 0 Å². The number of para-hydroxylation sites is 1. The SMILES string of the molecule is CCNC(C)c1cc(F)ccc1Oc1ccccc1SC. The van der Waals surface area contributed by atoms with Gasteiger partial charge in [0.25, 0.3) is 0 Å². The molecule has 4 heteroatoms. The van der Waals surface area contributed by atoms with Gasteiger partial charge in [-0.05, 0) is 50.1 Å². The van der Waals surface area contributed by atoms with Gasteiger partial charge in [-0.15, -0.1) is 11.8 Å². The van der Waals surface area contributed by atoms with Crippen LogP contribution in [-0.2, 0) is 0 Å². The summed E-state index contributed by atoms with van der Waals surface area (Å²) in [6, 6.07) is 12.5. The predicted molar refractivity (Wildman–Crippen MR) is 86.8 cm³/mol. The van der Waals surface area contributed by atoms with Crippen molar-refractivity contribution in [3.05, 3.63) is 53.8 Å². The highest BCUT2D eigenvalue weighted by Gasteiger charge is 2.14. The van der Waals surface area contributed by atoms with Gasteiger partial charge in [0.2, 0.25) is 0 Å². The maximum absolute atomic E-state index is 13.5. The van der Waals surface area contributed by atoms with Crippen molar-refractivity contribution in [2.24, 2.45) is 0 Å². The third-order valence-corrected chi connectivity index (χ3v) is 4.01. The van der Waals surface area contributed by atoms with Gasteiger partial charge in [-0.1, -0.05) is 19.1 Å². The Kier molecular flexibility index (Phi) is 5.65. The van der Waals surface area contributed by atoms with Gasteiger partial charge in [-0.25, -0.2) is 4.39 Å². The molecule has 2 aromatic carbocycles. The van der Waals surface area contributed by atoms with E-state index in [4.69, 9.17) is 4.74 Å². The van der Waals surface area contributed by atoms with Crippen LogP contribution in [0.5, 0.6) is 11.5 Å². The summed E-state index contributed by atoms with van der Waals surface area (Å²) in [7, 11) is 0. The van der Waals surface area contributed by atoms with E-state index in [-0.39, 0.29) is 11.9 Å². The van der Waals surface area contributed by atoms with Crippen molar-refractivity contribution >= 4 is 11.8 Å². The lowest BCUT2D eigenvalue weighted by atomic mass is 10.1. The number of nitrogens with one attached hydrogen (secondary N) is 1. The zero-order valence-electron chi connectivity index (χ0n) is 12.5. The molecule has 0 amide bonds. The van der Waals surface area contributed by atoms with Crippen LogP contribution in [0, 0.1) is 5.82 Å². The van der Waals surface area contributed by atoms with E-state index in [1.54, 1.807) is 17.8 Å². The zero-order chi connectivity index (χ0) is 15.2. The normalized spacial score (nSPS) is 12.2. The Bertz CT molecular complexity index is 603. The molecule has 0 bridgehead atoms. The van der Waals surface area contributed by atoms with E-state index in [1.807, 2.05) is 44.4 Å². The van der Waals surface area contributed by atoms with Gasteiger partial charge in [0.15, 0.2) is 0 Å². The topological polar surface area (TPSA) is 21.3 Å². The molecule has 0 aliphatic rings. The van der Waals surface area contributed by atoms with E-state index in [2.05, 4.69) is 5.32 Å². The molecule has 0 saturated heterocycles. The highest BCUT2D eigenvalue weighted by atomic mass is 32.2. The largest absolute Gasteiger partial charge is 0.456 e. The summed E-state index contributed by atoms with van der Waals surface area (Å²) in [5.74, 6) is 1.23. The minimum Gasteiger partial charge on any atom is -0.456 e. The number of ether oxygens (including phenoxy) is 1. The molecule has 2 nitrogen and oxygen atoms in total. The molecule has 2 rings (SSSR count). The van der Waals surface area contributed by atoms with E-state index in [1.165, 1.54) is 12.1 Å². The standard InChI is InChI=1S/C17H20FNOS/c1-4-19-12(2)14-11-13(18)9-10-15(14)20-16-7-5-6-8-17(16)21-3/h5-12,19H,4H2,1-3H3. The molecule has 0 aliphatic heterocycles. The van der Waals surface area contributed by atoms with Crippen LogP contribution in [0.25, 0.3) is 0 Å². The Hall–Kier alpha value is -1.52. The monoisotopic (exact) mass is 305 g/mol. The molecule has 0 fully saturated rings. The molecular weight excluding hydrogens is 285 g/mol. The number of benzene rings is 2. The first kappa shape index (κ1) is 15.9. The zero-order valence-corrected chi connectivity index (χ0v) is 13.3. The molecule has 0 radical (unpaired) electrons. The molecule has 0 aromatic heterocycles. The first-order chi connectivity index (χ1) is 10.2. The lowest BCUT2D eigenvalue weighted by Gasteiger charge is -2.18. The summed E-state index contributed by atoms with van der Waals surface area (Å²) in [5.41, 5.74) is 0.827. The molecule has 1 unspecified atom stereocenters. The fourth-order valence-corrected chi connectivity index (χ4v) is 2.71. The van der Waals surface area contributed by atoms with Crippen LogP contribution in [0.3, 0.4) is 0 Å². The molecule has 1 atom stereocenters. The minimum atomic E-state index is -0.250. The van der Waals surface area contributed by atoms with Crippen molar-refractivity contribution in [1.82, 2.24) is 5.32 Å². The highest BCUT2D eigenvalue weighted by molar-refractivity contribution is 7.98. The van der Waals surface area contributed by atoms with Crippen LogP contribution < -0.4 is 10.1 Å². The minimum absolute atomic E-state index is 0.0298. The van der Waals surface area contributed by atoms with Crippen molar-refractivity contribution in [1.29, 1.82) is 0 Å². The first-order valence-corrected chi connectivity index (χ1v) is 8.22. The predicted octanol–water partition coefficient (Wildman–Crippen LogP) is 5.01. The second-order valence-electron chi connectivity index (χ2n) is 4.71. The van der Waals surface area contributed by atoms with E-state index in [9.17, 15) is 4.39 Å². The van der Waals surface area contributed by atoms with Crippen molar-refractivity contribution in [2.45, 2.75) is 24.8 Å². The summed E-state index contributed by atoms with van der Waals surface area (Å²) in [6.07, 6.45) is 2.01. The van der Waals surface area contributed by atoms with Crippen LogP contribution in [0.2, 0.25) is 0 Å². The Labute approximate surface area is 129 Å². The average molecular weight is 305 g/mol. The molecule has 0 heterocycles. The van der Waals surface area contributed by atoms with Gasteiger partial charge < -0.3 is 10.1 Å². The molecule has 0 spiro atoms. The van der Waals surface area contributed by atoms with Crippen molar-refractivity contribution in [3.63, 3.8) is 0 Å². The molecular formula is C17H20FNOS. The molecule has 2 aromatic rings. The lowest BCUT2D eigenvalue weighted by molar-refractivity contribution is 0.450. The van der Waals surface area contributed by atoms with Crippen LogP contribution in [0.15, 0.2) is 47.4 Å². The molecule has 0 saturated carbocycles. The Morgan fingerprint density at radius 3 is 2.67 bits per heavy atom. The van der Waals surface area contributed by atoms with Gasteiger partial charge in [0.1, 0.15) is 17.3 Å². The maximum atomic E-state index is 13.5. The fourth-order valence-electron chi connectivity index (χ4n) is 2.19. The molecule has 112 valence electrons. The fraction of sp³-hybridized carbons (Fsp3) is 0.294. The third kappa shape index (κ3) is 3.99. The van der Waals surface area contributed by atoms with Gasteiger partial charge in [0.05, 0.1) is 0 Å². The second-order valence-corrected chi connectivity index (χ2v) is 5.56. The summed E-state index contributed by atoms with van der Waals surface area (Å²) >= 11 is 1.63. The summed E-state index contributed by atoms with van der Waals surface area (Å²) in [5, 5.41) is 3.29. The first-order valence-electron chi connectivity index (χ1n) is 6.99. The quantitative estimate of drug-likeness (QED) is 0.758. The number of hydrogen-bond donors (Lipinski definition) is 1. The lowest BCUT2D eigenvalue weighted by Crippen LogP contribution is -2.18. The number of rotatable bonds is 6.